The molecule has 0 saturated carbocycles. The molecule has 0 N–H and O–H groups in total. The van der Waals surface area contributed by atoms with Crippen LogP contribution < -0.4 is 0 Å². The minimum Gasteiger partial charge on any atom is -0.130 e. The van der Waals surface area contributed by atoms with E-state index in [1.165, 1.54) is 7.17 Å². The van der Waals surface area contributed by atoms with Crippen LogP contribution in [-0.2, 0) is 0 Å². The van der Waals surface area contributed by atoms with E-state index in [4.69, 9.17) is 7.74 Å². The standard InChI is InChI=1S/C6H9B2/c1-5(2)6(3)4-8-7/h4H,1H2,2-3H3. The Balaban J connectivity index is 3.80. The van der Waals surface area contributed by atoms with Gasteiger partial charge in [0.1, 0.15) is 0 Å². The fourth-order valence-corrected chi connectivity index (χ4v) is 0.287. The van der Waals surface area contributed by atoms with Gasteiger partial charge in [0, 0.05) is 7.74 Å². The summed E-state index contributed by atoms with van der Waals surface area (Å²) in [6.45, 7) is 7.66. The van der Waals surface area contributed by atoms with Gasteiger partial charge >= 0.3 is 0 Å². The second kappa shape index (κ2) is 3.59. The van der Waals surface area contributed by atoms with Crippen LogP contribution in [0, 0.1) is 0 Å². The number of allylic oxidation sites excluding steroid dienone is 2. The molecular weight excluding hydrogens is 93.7 g/mol. The molecule has 0 saturated heterocycles. The molecule has 0 unspecified atom stereocenters. The van der Waals surface area contributed by atoms with Crippen LogP contribution in [0.3, 0.4) is 0 Å². The molecule has 39 valence electrons. The average Bonchev–Trinajstić information content (AvgIpc) is 1.67. The van der Waals surface area contributed by atoms with Crippen LogP contribution in [0.1, 0.15) is 13.8 Å². The van der Waals surface area contributed by atoms with E-state index in [-0.39, 0.29) is 0 Å². The second-order valence-electron chi connectivity index (χ2n) is 1.82. The van der Waals surface area contributed by atoms with E-state index in [1.807, 2.05) is 19.8 Å². The Kier molecular flexibility index (Phi) is 3.42. The first-order chi connectivity index (χ1) is 3.68. The lowest BCUT2D eigenvalue weighted by atomic mass is 9.55. The predicted octanol–water partition coefficient (Wildman–Crippen LogP) is 1.25. The summed E-state index contributed by atoms with van der Waals surface area (Å²) < 4.78 is 0. The zero-order chi connectivity index (χ0) is 6.57. The first-order valence-corrected chi connectivity index (χ1v) is 2.56. The molecule has 0 bridgehead atoms. The van der Waals surface area contributed by atoms with Crippen LogP contribution in [0.4, 0.5) is 0 Å². The van der Waals surface area contributed by atoms with Gasteiger partial charge in [-0.1, -0.05) is 17.7 Å². The summed E-state index contributed by atoms with van der Waals surface area (Å²) in [5, 5.41) is 0. The Morgan fingerprint density at radius 3 is 2.25 bits per heavy atom. The average molecular weight is 103 g/mol. The Morgan fingerprint density at radius 2 is 2.12 bits per heavy atom. The maximum absolute atomic E-state index is 5.12. The molecule has 0 nitrogen and oxygen atoms in total. The first kappa shape index (κ1) is 7.61. The molecule has 0 fully saturated rings. The summed E-state index contributed by atoms with van der Waals surface area (Å²) in [5.74, 6) is 1.84. The molecule has 0 aliphatic heterocycles. The number of hydrogen-bond donors (Lipinski definition) is 0. The van der Waals surface area contributed by atoms with Gasteiger partial charge in [-0.05, 0) is 13.8 Å². The van der Waals surface area contributed by atoms with E-state index in [2.05, 4.69) is 6.58 Å². The fraction of sp³-hybridized carbons (Fsp3) is 0.333. The zero-order valence-corrected chi connectivity index (χ0v) is 5.44. The highest BCUT2D eigenvalue weighted by molar-refractivity contribution is 6.92. The molecular formula is C6H9B2. The second-order valence-corrected chi connectivity index (χ2v) is 1.82. The lowest BCUT2D eigenvalue weighted by molar-refractivity contribution is 1.38. The quantitative estimate of drug-likeness (QED) is 0.364. The van der Waals surface area contributed by atoms with Gasteiger partial charge in [-0.2, -0.15) is 0 Å². The van der Waals surface area contributed by atoms with E-state index < -0.39 is 0 Å². The molecule has 0 aromatic rings. The molecule has 0 rings (SSSR count). The van der Waals surface area contributed by atoms with Crippen molar-refractivity contribution < 1.29 is 0 Å². The van der Waals surface area contributed by atoms with Crippen LogP contribution in [0.2, 0.25) is 0 Å². The molecule has 3 radical (unpaired) electrons. The van der Waals surface area contributed by atoms with Gasteiger partial charge < -0.3 is 0 Å². The smallest absolute Gasteiger partial charge is 0.0859 e. The largest absolute Gasteiger partial charge is 0.130 e. The van der Waals surface area contributed by atoms with Crippen molar-refractivity contribution in [2.45, 2.75) is 13.8 Å². The van der Waals surface area contributed by atoms with Gasteiger partial charge in [0.25, 0.3) is 0 Å². The minimum absolute atomic E-state index is 1.06. The van der Waals surface area contributed by atoms with Crippen LogP contribution in [0.25, 0.3) is 0 Å². The highest BCUT2D eigenvalue weighted by Gasteiger charge is 1.83. The Morgan fingerprint density at radius 1 is 1.62 bits per heavy atom. The minimum atomic E-state index is 1.06. The Labute approximate surface area is 53.3 Å². The van der Waals surface area contributed by atoms with Crippen molar-refractivity contribution >= 4 is 14.9 Å². The summed E-state index contributed by atoms with van der Waals surface area (Å²) >= 11 is 0. The molecule has 0 heterocycles. The van der Waals surface area contributed by atoms with Gasteiger partial charge in [-0.3, -0.25) is 0 Å². The van der Waals surface area contributed by atoms with E-state index in [0.717, 1.165) is 11.1 Å². The highest BCUT2D eigenvalue weighted by Crippen LogP contribution is 2.01. The highest BCUT2D eigenvalue weighted by atomic mass is 13.9. The third-order valence-electron chi connectivity index (χ3n) is 1.02. The normalized spacial score (nSPS) is 11.0. The summed E-state index contributed by atoms with van der Waals surface area (Å²) in [5.41, 5.74) is 2.19. The SMILES string of the molecule is [B][B]C=C(C)C(=C)C. The molecule has 8 heavy (non-hydrogen) atoms. The van der Waals surface area contributed by atoms with Gasteiger partial charge in [0.2, 0.25) is 0 Å². The maximum atomic E-state index is 5.12. The van der Waals surface area contributed by atoms with Crippen molar-refractivity contribution in [3.63, 3.8) is 0 Å². The van der Waals surface area contributed by atoms with Gasteiger partial charge in [0.15, 0.2) is 0 Å². The van der Waals surface area contributed by atoms with Crippen LogP contribution >= 0.6 is 0 Å². The van der Waals surface area contributed by atoms with E-state index in [9.17, 15) is 0 Å². The van der Waals surface area contributed by atoms with Crippen LogP contribution in [0.5, 0.6) is 0 Å². The molecule has 0 aliphatic rings. The van der Waals surface area contributed by atoms with Gasteiger partial charge in [-0.15, -0.1) is 5.98 Å². The van der Waals surface area contributed by atoms with E-state index in [0.29, 0.717) is 0 Å². The zero-order valence-electron chi connectivity index (χ0n) is 5.44. The van der Waals surface area contributed by atoms with Crippen LogP contribution in [0.15, 0.2) is 23.7 Å². The van der Waals surface area contributed by atoms with E-state index >= 15 is 0 Å². The number of hydrogen-bond acceptors (Lipinski definition) is 0. The lowest BCUT2D eigenvalue weighted by Gasteiger charge is -1.94. The third kappa shape index (κ3) is 2.73. The van der Waals surface area contributed by atoms with Gasteiger partial charge in [0.05, 0.1) is 7.17 Å². The predicted molar refractivity (Wildman–Crippen MR) is 40.1 cm³/mol. The molecule has 0 atom stereocenters. The van der Waals surface area contributed by atoms with Crippen molar-refractivity contribution in [2.24, 2.45) is 0 Å². The van der Waals surface area contributed by atoms with E-state index in [1.54, 1.807) is 0 Å². The summed E-state index contributed by atoms with van der Waals surface area (Å²) in [6, 6.07) is 0. The van der Waals surface area contributed by atoms with Crippen molar-refractivity contribution in [3.05, 3.63) is 23.7 Å². The topological polar surface area (TPSA) is 0 Å². The van der Waals surface area contributed by atoms with Crippen molar-refractivity contribution in [1.29, 1.82) is 0 Å². The molecule has 0 spiro atoms. The van der Waals surface area contributed by atoms with Crippen molar-refractivity contribution in [1.82, 2.24) is 0 Å². The summed E-state index contributed by atoms with van der Waals surface area (Å²) in [4.78, 5) is 0. The molecule has 0 aromatic carbocycles. The summed E-state index contributed by atoms with van der Waals surface area (Å²) in [6.07, 6.45) is 0. The molecule has 0 aromatic heterocycles. The van der Waals surface area contributed by atoms with Crippen LogP contribution in [-0.4, -0.2) is 14.9 Å². The Bertz CT molecular complexity index is 114. The lowest BCUT2D eigenvalue weighted by Crippen LogP contribution is -1.84. The maximum Gasteiger partial charge on any atom is 0.0859 e. The summed E-state index contributed by atoms with van der Waals surface area (Å²) in [7, 11) is 6.64. The molecule has 0 amide bonds. The molecule has 0 aliphatic carbocycles. The van der Waals surface area contributed by atoms with Crippen molar-refractivity contribution in [2.75, 3.05) is 0 Å². The third-order valence-corrected chi connectivity index (χ3v) is 1.02. The fourth-order valence-electron chi connectivity index (χ4n) is 0.287. The van der Waals surface area contributed by atoms with Gasteiger partial charge in [-0.25, -0.2) is 0 Å². The molecule has 2 heteroatoms. The number of rotatable bonds is 2. The Hall–Kier alpha value is -0.390. The monoisotopic (exact) mass is 103 g/mol. The van der Waals surface area contributed by atoms with Crippen molar-refractivity contribution in [3.8, 4) is 0 Å². The first-order valence-electron chi connectivity index (χ1n) is 2.56.